The first-order valence-electron chi connectivity index (χ1n) is 12.7. The Kier molecular flexibility index (Phi) is 7.12. The van der Waals surface area contributed by atoms with E-state index in [4.69, 9.17) is 28.7 Å². The molecule has 6 rings (SSSR count). The Labute approximate surface area is 215 Å². The van der Waals surface area contributed by atoms with Crippen molar-refractivity contribution in [2.45, 2.75) is 0 Å². The highest BCUT2D eigenvalue weighted by atomic mass is 16.6. The van der Waals surface area contributed by atoms with E-state index in [0.29, 0.717) is 64.4 Å². The van der Waals surface area contributed by atoms with Gasteiger partial charge < -0.3 is 23.7 Å². The van der Waals surface area contributed by atoms with Crippen LogP contribution in [0.15, 0.2) is 77.8 Å². The molecule has 0 amide bonds. The zero-order valence-corrected chi connectivity index (χ0v) is 20.7. The molecule has 0 N–H and O–H groups in total. The van der Waals surface area contributed by atoms with Gasteiger partial charge in [-0.3, -0.25) is 4.99 Å². The van der Waals surface area contributed by atoms with Gasteiger partial charge in [0, 0.05) is 11.6 Å². The summed E-state index contributed by atoms with van der Waals surface area (Å²) in [6.45, 7) is 3.96. The van der Waals surface area contributed by atoms with Crippen LogP contribution in [0, 0.1) is 0 Å². The van der Waals surface area contributed by atoms with Gasteiger partial charge in [-0.2, -0.15) is 0 Å². The first kappa shape index (κ1) is 23.7. The zero-order chi connectivity index (χ0) is 24.9. The first-order valence-corrected chi connectivity index (χ1v) is 12.7. The summed E-state index contributed by atoms with van der Waals surface area (Å²) < 4.78 is 28.6. The summed E-state index contributed by atoms with van der Waals surface area (Å²) in [5.74, 6) is 1.34. The van der Waals surface area contributed by atoms with Crippen LogP contribution in [0.1, 0.15) is 5.56 Å². The number of hydrogen-bond acceptors (Lipinski definition) is 6. The Bertz CT molecular complexity index is 1510. The standard InChI is InChI=1S/C31H29NO5/c1-2-23-5-6-25-8-10-27(26-9-7-24(3-1)30(23)31(25)26)32-21-22-4-11-28-29(20-22)37-19-17-35-15-13-33-12-14-34-16-18-36-28/h1-11,20-21H,12-19H2. The van der Waals surface area contributed by atoms with E-state index in [1.54, 1.807) is 0 Å². The van der Waals surface area contributed by atoms with Crippen molar-refractivity contribution >= 4 is 44.2 Å². The van der Waals surface area contributed by atoms with Gasteiger partial charge in [-0.1, -0.05) is 48.5 Å². The molecular formula is C31H29NO5. The Morgan fingerprint density at radius 3 is 1.86 bits per heavy atom. The van der Waals surface area contributed by atoms with Crippen molar-refractivity contribution in [3.8, 4) is 11.5 Å². The van der Waals surface area contributed by atoms with E-state index in [0.717, 1.165) is 16.6 Å². The van der Waals surface area contributed by atoms with Gasteiger partial charge >= 0.3 is 0 Å². The van der Waals surface area contributed by atoms with Crippen LogP contribution in [0.5, 0.6) is 11.5 Å². The molecule has 0 bridgehead atoms. The molecule has 0 saturated heterocycles. The zero-order valence-electron chi connectivity index (χ0n) is 20.7. The third kappa shape index (κ3) is 5.23. The molecule has 5 aromatic rings. The second kappa shape index (κ2) is 11.1. The van der Waals surface area contributed by atoms with Crippen LogP contribution in [0.2, 0.25) is 0 Å². The number of fused-ring (bicyclic) bond motifs is 1. The van der Waals surface area contributed by atoms with Crippen LogP contribution >= 0.6 is 0 Å². The molecule has 0 fully saturated rings. The predicted molar refractivity (Wildman–Crippen MR) is 147 cm³/mol. The minimum atomic E-state index is 0.419. The number of rotatable bonds is 2. The van der Waals surface area contributed by atoms with E-state index < -0.39 is 0 Å². The van der Waals surface area contributed by atoms with Gasteiger partial charge in [-0.05, 0) is 56.8 Å². The summed E-state index contributed by atoms with van der Waals surface area (Å²) in [7, 11) is 0. The maximum absolute atomic E-state index is 6.01. The fourth-order valence-corrected chi connectivity index (χ4v) is 4.78. The third-order valence-electron chi connectivity index (χ3n) is 6.54. The van der Waals surface area contributed by atoms with Gasteiger partial charge in [0.15, 0.2) is 11.5 Å². The van der Waals surface area contributed by atoms with E-state index in [-0.39, 0.29) is 0 Å². The van der Waals surface area contributed by atoms with Crippen LogP contribution in [0.3, 0.4) is 0 Å². The third-order valence-corrected chi connectivity index (χ3v) is 6.54. The molecule has 0 aromatic heterocycles. The summed E-state index contributed by atoms with van der Waals surface area (Å²) in [6, 6.07) is 25.3. The number of hydrogen-bond donors (Lipinski definition) is 0. The van der Waals surface area contributed by atoms with Crippen LogP contribution in [-0.2, 0) is 14.2 Å². The SMILES string of the molecule is C(=Nc1ccc2ccc3cccc4ccc1c2c34)c1ccc2c(c1)OCCOCCOCCOCCO2. The quantitative estimate of drug-likeness (QED) is 0.217. The second-order valence-electron chi connectivity index (χ2n) is 8.94. The highest BCUT2D eigenvalue weighted by Crippen LogP contribution is 2.38. The molecule has 0 aliphatic carbocycles. The van der Waals surface area contributed by atoms with E-state index in [2.05, 4.69) is 54.6 Å². The lowest BCUT2D eigenvalue weighted by atomic mass is 9.93. The summed E-state index contributed by atoms with van der Waals surface area (Å²) in [5.41, 5.74) is 1.86. The minimum absolute atomic E-state index is 0.419. The topological polar surface area (TPSA) is 58.5 Å². The molecule has 1 heterocycles. The molecule has 6 nitrogen and oxygen atoms in total. The number of nitrogens with zero attached hydrogens (tertiary/aromatic N) is 1. The smallest absolute Gasteiger partial charge is 0.161 e. The molecule has 0 unspecified atom stereocenters. The monoisotopic (exact) mass is 495 g/mol. The lowest BCUT2D eigenvalue weighted by Crippen LogP contribution is -2.13. The van der Waals surface area contributed by atoms with Gasteiger partial charge in [0.2, 0.25) is 0 Å². The summed E-state index contributed by atoms with van der Waals surface area (Å²) in [6.07, 6.45) is 1.88. The van der Waals surface area contributed by atoms with E-state index in [9.17, 15) is 0 Å². The van der Waals surface area contributed by atoms with Crippen LogP contribution in [-0.4, -0.2) is 59.1 Å². The molecule has 0 saturated carbocycles. The van der Waals surface area contributed by atoms with Crippen molar-refractivity contribution in [1.82, 2.24) is 0 Å². The summed E-state index contributed by atoms with van der Waals surface area (Å²) >= 11 is 0. The fourth-order valence-electron chi connectivity index (χ4n) is 4.78. The molecule has 5 aromatic carbocycles. The van der Waals surface area contributed by atoms with Gasteiger partial charge in [-0.25, -0.2) is 0 Å². The molecule has 188 valence electrons. The largest absolute Gasteiger partial charge is 0.487 e. The van der Waals surface area contributed by atoms with Crippen LogP contribution in [0.4, 0.5) is 5.69 Å². The maximum Gasteiger partial charge on any atom is 0.161 e. The molecule has 0 atom stereocenters. The lowest BCUT2D eigenvalue weighted by molar-refractivity contribution is 0.00708. The van der Waals surface area contributed by atoms with Crippen LogP contribution in [0.25, 0.3) is 32.3 Å². The van der Waals surface area contributed by atoms with Gasteiger partial charge in [0.1, 0.15) is 13.2 Å². The average molecular weight is 496 g/mol. The maximum atomic E-state index is 6.01. The van der Waals surface area contributed by atoms with Crippen molar-refractivity contribution < 1.29 is 23.7 Å². The van der Waals surface area contributed by atoms with Gasteiger partial charge in [0.25, 0.3) is 0 Å². The first-order chi connectivity index (χ1) is 18.4. The number of ether oxygens (including phenoxy) is 5. The molecule has 6 heteroatoms. The minimum Gasteiger partial charge on any atom is -0.487 e. The number of aliphatic imine (C=N–C) groups is 1. The number of benzene rings is 5. The van der Waals surface area contributed by atoms with Crippen molar-refractivity contribution in [2.75, 3.05) is 52.9 Å². The summed E-state index contributed by atoms with van der Waals surface area (Å²) in [4.78, 5) is 4.89. The lowest BCUT2D eigenvalue weighted by Gasteiger charge is -2.14. The van der Waals surface area contributed by atoms with Crippen LogP contribution < -0.4 is 9.47 Å². The van der Waals surface area contributed by atoms with E-state index in [1.165, 1.54) is 26.9 Å². The van der Waals surface area contributed by atoms with Crippen molar-refractivity contribution in [3.63, 3.8) is 0 Å². The normalized spacial score (nSPS) is 16.3. The molecule has 0 radical (unpaired) electrons. The van der Waals surface area contributed by atoms with Gasteiger partial charge in [-0.15, -0.1) is 0 Å². The highest BCUT2D eigenvalue weighted by Gasteiger charge is 2.11. The molecule has 1 aliphatic rings. The predicted octanol–water partition coefficient (Wildman–Crippen LogP) is 6.16. The second-order valence-corrected chi connectivity index (χ2v) is 8.94. The Hall–Kier alpha value is -3.71. The molecule has 37 heavy (non-hydrogen) atoms. The Morgan fingerprint density at radius 2 is 1.14 bits per heavy atom. The van der Waals surface area contributed by atoms with E-state index in [1.807, 2.05) is 24.4 Å². The fraction of sp³-hybridized carbons (Fsp3) is 0.258. The summed E-state index contributed by atoms with van der Waals surface area (Å²) in [5, 5.41) is 7.42. The Morgan fingerprint density at radius 1 is 0.541 bits per heavy atom. The average Bonchev–Trinajstić information content (AvgIpc) is 2.94. The highest BCUT2D eigenvalue weighted by molar-refractivity contribution is 6.25. The van der Waals surface area contributed by atoms with Crippen molar-refractivity contribution in [3.05, 3.63) is 78.4 Å². The van der Waals surface area contributed by atoms with Crippen molar-refractivity contribution in [2.24, 2.45) is 4.99 Å². The van der Waals surface area contributed by atoms with E-state index >= 15 is 0 Å². The molecular weight excluding hydrogens is 466 g/mol. The Balaban J connectivity index is 1.28. The van der Waals surface area contributed by atoms with Crippen molar-refractivity contribution in [1.29, 1.82) is 0 Å². The molecule has 1 aliphatic heterocycles. The van der Waals surface area contributed by atoms with Gasteiger partial charge in [0.05, 0.1) is 45.3 Å². The molecule has 0 spiro atoms.